The molecule has 0 aromatic heterocycles. The van der Waals surface area contributed by atoms with Crippen LogP contribution in [0.15, 0.2) is 18.2 Å². The quantitative estimate of drug-likeness (QED) is 0.932. The van der Waals surface area contributed by atoms with Gasteiger partial charge in [0.1, 0.15) is 11.9 Å². The Morgan fingerprint density at radius 1 is 1.47 bits per heavy atom. The summed E-state index contributed by atoms with van der Waals surface area (Å²) in [5.41, 5.74) is 5.37. The first-order chi connectivity index (χ1) is 9.10. The fourth-order valence-corrected chi connectivity index (χ4v) is 2.46. The van der Waals surface area contributed by atoms with Crippen molar-refractivity contribution in [2.24, 2.45) is 5.73 Å². The van der Waals surface area contributed by atoms with Gasteiger partial charge in [-0.25, -0.2) is 0 Å². The molecule has 1 aromatic rings. The SMILES string of the molecule is NCC(=O)N1CCCC(Oc2cc(Cl)ccc2Cl)C1. The molecule has 0 bridgehead atoms. The number of halogens is 2. The van der Waals surface area contributed by atoms with Gasteiger partial charge in [0, 0.05) is 17.6 Å². The van der Waals surface area contributed by atoms with Gasteiger partial charge in [0.2, 0.25) is 5.91 Å². The van der Waals surface area contributed by atoms with Gasteiger partial charge in [-0.3, -0.25) is 4.79 Å². The molecule has 1 amide bonds. The number of hydrogen-bond acceptors (Lipinski definition) is 3. The fourth-order valence-electron chi connectivity index (χ4n) is 2.14. The van der Waals surface area contributed by atoms with Crippen LogP contribution in [0.1, 0.15) is 12.8 Å². The minimum Gasteiger partial charge on any atom is -0.487 e. The van der Waals surface area contributed by atoms with E-state index in [9.17, 15) is 4.79 Å². The predicted molar refractivity (Wildman–Crippen MR) is 75.7 cm³/mol. The lowest BCUT2D eigenvalue weighted by molar-refractivity contribution is -0.132. The van der Waals surface area contributed by atoms with Crippen molar-refractivity contribution in [3.63, 3.8) is 0 Å². The molecule has 2 rings (SSSR count). The average Bonchev–Trinajstić information content (AvgIpc) is 2.42. The molecule has 1 aliphatic heterocycles. The molecule has 1 saturated heterocycles. The molecule has 19 heavy (non-hydrogen) atoms. The van der Waals surface area contributed by atoms with Crippen LogP contribution in [0.2, 0.25) is 10.0 Å². The lowest BCUT2D eigenvalue weighted by Crippen LogP contribution is -2.46. The van der Waals surface area contributed by atoms with Crippen LogP contribution in [0.4, 0.5) is 0 Å². The molecular weight excluding hydrogens is 287 g/mol. The molecular formula is C13H16Cl2N2O2. The second-order valence-corrected chi connectivity index (χ2v) is 5.34. The van der Waals surface area contributed by atoms with Gasteiger partial charge in [-0.15, -0.1) is 0 Å². The molecule has 104 valence electrons. The number of carbonyl (C=O) groups excluding carboxylic acids is 1. The maximum atomic E-state index is 11.6. The van der Waals surface area contributed by atoms with Crippen LogP contribution in [0.3, 0.4) is 0 Å². The molecule has 1 fully saturated rings. The lowest BCUT2D eigenvalue weighted by Gasteiger charge is -2.32. The van der Waals surface area contributed by atoms with Gasteiger partial charge >= 0.3 is 0 Å². The summed E-state index contributed by atoms with van der Waals surface area (Å²) in [7, 11) is 0. The molecule has 1 aromatic carbocycles. The van der Waals surface area contributed by atoms with Crippen LogP contribution in [0, 0.1) is 0 Å². The number of ether oxygens (including phenoxy) is 1. The smallest absolute Gasteiger partial charge is 0.236 e. The van der Waals surface area contributed by atoms with Gasteiger partial charge in [0.15, 0.2) is 0 Å². The highest BCUT2D eigenvalue weighted by Gasteiger charge is 2.24. The van der Waals surface area contributed by atoms with Crippen molar-refractivity contribution in [3.05, 3.63) is 28.2 Å². The Kier molecular flexibility index (Phi) is 4.91. The topological polar surface area (TPSA) is 55.6 Å². The summed E-state index contributed by atoms with van der Waals surface area (Å²) in [4.78, 5) is 13.3. The minimum absolute atomic E-state index is 0.0324. The van der Waals surface area contributed by atoms with Crippen molar-refractivity contribution in [1.29, 1.82) is 0 Å². The van der Waals surface area contributed by atoms with Gasteiger partial charge in [-0.1, -0.05) is 23.2 Å². The summed E-state index contributed by atoms with van der Waals surface area (Å²) in [5.74, 6) is 0.506. The zero-order valence-corrected chi connectivity index (χ0v) is 12.0. The molecule has 1 atom stereocenters. The minimum atomic E-state index is -0.0692. The van der Waals surface area contributed by atoms with E-state index in [0.29, 0.717) is 22.3 Å². The van der Waals surface area contributed by atoms with Crippen LogP contribution in [0.25, 0.3) is 0 Å². The molecule has 1 unspecified atom stereocenters. The third-order valence-electron chi connectivity index (χ3n) is 3.09. The number of carbonyl (C=O) groups is 1. The molecule has 2 N–H and O–H groups in total. The van der Waals surface area contributed by atoms with Crippen LogP contribution < -0.4 is 10.5 Å². The van der Waals surface area contributed by atoms with E-state index < -0.39 is 0 Å². The highest BCUT2D eigenvalue weighted by atomic mass is 35.5. The number of likely N-dealkylation sites (tertiary alicyclic amines) is 1. The first-order valence-corrected chi connectivity index (χ1v) is 6.95. The van der Waals surface area contributed by atoms with E-state index >= 15 is 0 Å². The molecule has 0 spiro atoms. The van der Waals surface area contributed by atoms with E-state index in [1.165, 1.54) is 0 Å². The highest BCUT2D eigenvalue weighted by molar-refractivity contribution is 6.34. The molecule has 0 radical (unpaired) electrons. The Morgan fingerprint density at radius 2 is 2.26 bits per heavy atom. The Bertz CT molecular complexity index is 468. The van der Waals surface area contributed by atoms with Crippen LogP contribution in [-0.2, 0) is 4.79 Å². The second-order valence-electron chi connectivity index (χ2n) is 4.50. The first kappa shape index (κ1) is 14.4. The standard InChI is InChI=1S/C13H16Cl2N2O2/c14-9-3-4-11(15)12(6-9)19-10-2-1-5-17(8-10)13(18)7-16/h3-4,6,10H,1-2,5,7-8,16H2. The van der Waals surface area contributed by atoms with Crippen molar-refractivity contribution >= 4 is 29.1 Å². The number of nitrogens with two attached hydrogens (primary N) is 1. The summed E-state index contributed by atoms with van der Waals surface area (Å²) in [6, 6.07) is 5.10. The van der Waals surface area contributed by atoms with Crippen molar-refractivity contribution < 1.29 is 9.53 Å². The monoisotopic (exact) mass is 302 g/mol. The summed E-state index contributed by atoms with van der Waals surface area (Å²) in [5, 5.41) is 1.09. The lowest BCUT2D eigenvalue weighted by atomic mass is 10.1. The van der Waals surface area contributed by atoms with E-state index in [4.69, 9.17) is 33.7 Å². The van der Waals surface area contributed by atoms with Gasteiger partial charge in [0.25, 0.3) is 0 Å². The Morgan fingerprint density at radius 3 is 3.00 bits per heavy atom. The summed E-state index contributed by atoms with van der Waals surface area (Å²) >= 11 is 12.0. The summed E-state index contributed by atoms with van der Waals surface area (Å²) in [6.07, 6.45) is 1.71. The number of rotatable bonds is 3. The third kappa shape index (κ3) is 3.75. The number of nitrogens with zero attached hydrogens (tertiary/aromatic N) is 1. The van der Waals surface area contributed by atoms with Crippen molar-refractivity contribution in [3.8, 4) is 5.75 Å². The molecule has 6 heteroatoms. The first-order valence-electron chi connectivity index (χ1n) is 6.19. The number of amides is 1. The van der Waals surface area contributed by atoms with E-state index in [-0.39, 0.29) is 18.6 Å². The molecule has 1 heterocycles. The largest absolute Gasteiger partial charge is 0.487 e. The summed E-state index contributed by atoms with van der Waals surface area (Å²) in [6.45, 7) is 1.31. The van der Waals surface area contributed by atoms with Crippen molar-refractivity contribution in [1.82, 2.24) is 4.90 Å². The Labute approximate surface area is 122 Å². The van der Waals surface area contributed by atoms with E-state index in [1.54, 1.807) is 23.1 Å². The summed E-state index contributed by atoms with van der Waals surface area (Å²) < 4.78 is 5.84. The van der Waals surface area contributed by atoms with Crippen LogP contribution >= 0.6 is 23.2 Å². The second kappa shape index (κ2) is 6.46. The number of piperidine rings is 1. The Balaban J connectivity index is 2.02. The maximum absolute atomic E-state index is 11.6. The molecule has 1 aliphatic rings. The normalized spacial score (nSPS) is 19.3. The number of hydrogen-bond donors (Lipinski definition) is 1. The maximum Gasteiger partial charge on any atom is 0.236 e. The van der Waals surface area contributed by atoms with Crippen LogP contribution in [-0.4, -0.2) is 36.5 Å². The van der Waals surface area contributed by atoms with Gasteiger partial charge in [0.05, 0.1) is 18.1 Å². The Hall–Kier alpha value is -0.970. The van der Waals surface area contributed by atoms with Crippen molar-refractivity contribution in [2.45, 2.75) is 18.9 Å². The molecule has 0 aliphatic carbocycles. The van der Waals surface area contributed by atoms with E-state index in [2.05, 4.69) is 0 Å². The van der Waals surface area contributed by atoms with Gasteiger partial charge < -0.3 is 15.4 Å². The molecule has 0 saturated carbocycles. The van der Waals surface area contributed by atoms with Crippen molar-refractivity contribution in [2.75, 3.05) is 19.6 Å². The average molecular weight is 303 g/mol. The van der Waals surface area contributed by atoms with E-state index in [1.807, 2.05) is 0 Å². The zero-order chi connectivity index (χ0) is 13.8. The predicted octanol–water partition coefficient (Wildman–Crippen LogP) is 2.32. The zero-order valence-electron chi connectivity index (χ0n) is 10.4. The van der Waals surface area contributed by atoms with Gasteiger partial charge in [-0.05, 0) is 25.0 Å². The van der Waals surface area contributed by atoms with Crippen LogP contribution in [0.5, 0.6) is 5.75 Å². The van der Waals surface area contributed by atoms with E-state index in [0.717, 1.165) is 19.4 Å². The molecule has 4 nitrogen and oxygen atoms in total. The van der Waals surface area contributed by atoms with Gasteiger partial charge in [-0.2, -0.15) is 0 Å². The highest BCUT2D eigenvalue weighted by Crippen LogP contribution is 2.29. The fraction of sp³-hybridized carbons (Fsp3) is 0.462. The third-order valence-corrected chi connectivity index (χ3v) is 3.64. The number of benzene rings is 1.